The van der Waals surface area contributed by atoms with Crippen LogP contribution in [0.3, 0.4) is 0 Å². The van der Waals surface area contributed by atoms with Gasteiger partial charge >= 0.3 is 18.3 Å². The Labute approximate surface area is 223 Å². The third-order valence-electron chi connectivity index (χ3n) is 6.28. The Kier molecular flexibility index (Phi) is 9.21. The fourth-order valence-electron chi connectivity index (χ4n) is 4.34. The van der Waals surface area contributed by atoms with Crippen molar-refractivity contribution in [2.24, 2.45) is 16.8 Å². The molecule has 14 heteroatoms. The summed E-state index contributed by atoms with van der Waals surface area (Å²) in [6.07, 6.45) is -17.1. The molecule has 0 saturated carbocycles. The summed E-state index contributed by atoms with van der Waals surface area (Å²) in [6, 6.07) is 9.91. The Hall–Kier alpha value is -3.97. The van der Waals surface area contributed by atoms with E-state index in [4.69, 9.17) is 0 Å². The highest BCUT2D eigenvalue weighted by Crippen LogP contribution is 2.33. The number of carbonyl (C=O) groups excluding carboxylic acids is 2. The van der Waals surface area contributed by atoms with Crippen molar-refractivity contribution in [3.05, 3.63) is 65.0 Å². The monoisotopic (exact) mass is 575 g/mol. The number of aliphatic carboxylic acids is 1. The van der Waals surface area contributed by atoms with Crippen LogP contribution in [0.4, 0.5) is 36.4 Å². The number of anilines is 1. The Morgan fingerprint density at radius 1 is 1.00 bits per heavy atom. The van der Waals surface area contributed by atoms with Gasteiger partial charge in [-0.15, -0.1) is 0 Å². The van der Waals surface area contributed by atoms with E-state index in [9.17, 15) is 50.2 Å². The lowest BCUT2D eigenvalue weighted by atomic mass is 9.84. The molecule has 1 aliphatic heterocycles. The number of fused-ring (bicyclic) bond motifs is 1. The summed E-state index contributed by atoms with van der Waals surface area (Å²) in [5.74, 6) is -9.11. The Bertz CT molecular complexity index is 1310. The molecule has 3 atom stereocenters. The van der Waals surface area contributed by atoms with Crippen molar-refractivity contribution in [3.63, 3.8) is 0 Å². The number of rotatable bonds is 9. The number of aliphatic imine (C=N–C) groups is 1. The third kappa shape index (κ3) is 8.02. The number of halogens is 7. The zero-order chi connectivity index (χ0) is 29.8. The summed E-state index contributed by atoms with van der Waals surface area (Å²) >= 11 is 0. The molecule has 1 heterocycles. The molecule has 3 N–H and O–H groups in total. The minimum atomic E-state index is -4.84. The number of amides is 2. The zero-order valence-corrected chi connectivity index (χ0v) is 20.9. The minimum Gasteiger partial charge on any atom is -0.481 e. The van der Waals surface area contributed by atoms with Crippen molar-refractivity contribution in [2.75, 3.05) is 5.32 Å². The van der Waals surface area contributed by atoms with Gasteiger partial charge in [0.1, 0.15) is 5.82 Å². The van der Waals surface area contributed by atoms with Gasteiger partial charge in [-0.1, -0.05) is 30.3 Å². The van der Waals surface area contributed by atoms with Gasteiger partial charge in [0, 0.05) is 24.0 Å². The molecule has 216 valence electrons. The molecule has 2 aromatic carbocycles. The van der Waals surface area contributed by atoms with Crippen molar-refractivity contribution in [1.29, 1.82) is 0 Å². The number of alkyl halides is 6. The molecule has 2 amide bonds. The van der Waals surface area contributed by atoms with Crippen LogP contribution in [0, 0.1) is 24.6 Å². The minimum absolute atomic E-state index is 0.0283. The molecule has 0 spiro atoms. The van der Waals surface area contributed by atoms with E-state index in [0.29, 0.717) is 11.1 Å². The number of nitrogens with zero attached hydrogens (tertiary/aromatic N) is 1. The third-order valence-corrected chi connectivity index (χ3v) is 6.28. The first kappa shape index (κ1) is 30.6. The Balaban J connectivity index is 2.02. The fraction of sp³-hybridized carbons (Fsp3) is 0.385. The predicted molar refractivity (Wildman–Crippen MR) is 129 cm³/mol. The van der Waals surface area contributed by atoms with Gasteiger partial charge < -0.3 is 15.7 Å². The molecule has 1 aliphatic rings. The number of hydrogen-bond donors (Lipinski definition) is 3. The summed E-state index contributed by atoms with van der Waals surface area (Å²) < 4.78 is 91.4. The van der Waals surface area contributed by atoms with Crippen LogP contribution in [0.1, 0.15) is 42.4 Å². The van der Waals surface area contributed by atoms with Crippen molar-refractivity contribution in [3.8, 4) is 0 Å². The number of hydrogen-bond acceptors (Lipinski definition) is 4. The second-order valence-electron chi connectivity index (χ2n) is 9.24. The average molecular weight is 575 g/mol. The molecule has 0 bridgehead atoms. The lowest BCUT2D eigenvalue weighted by Crippen LogP contribution is -2.47. The summed E-state index contributed by atoms with van der Waals surface area (Å²) in [5.41, 5.74) is 1.36. The number of para-hydroxylation sites is 1. The maximum absolute atomic E-state index is 14.0. The van der Waals surface area contributed by atoms with Gasteiger partial charge in [0.05, 0.1) is 23.2 Å². The number of carboxylic acid groups (broad SMARTS) is 1. The fourth-order valence-corrected chi connectivity index (χ4v) is 4.34. The Morgan fingerprint density at radius 2 is 1.60 bits per heavy atom. The predicted octanol–water partition coefficient (Wildman–Crippen LogP) is 5.37. The number of benzene rings is 2. The van der Waals surface area contributed by atoms with E-state index in [1.165, 1.54) is 12.1 Å². The molecule has 0 aliphatic carbocycles. The van der Waals surface area contributed by atoms with E-state index in [1.54, 1.807) is 25.1 Å². The molecule has 0 fully saturated rings. The lowest BCUT2D eigenvalue weighted by Gasteiger charge is -2.25. The summed E-state index contributed by atoms with van der Waals surface area (Å²) in [6.45, 7) is 1.65. The Morgan fingerprint density at radius 3 is 2.17 bits per heavy atom. The first-order valence-corrected chi connectivity index (χ1v) is 12.0. The van der Waals surface area contributed by atoms with Crippen LogP contribution in [0.5, 0.6) is 0 Å². The van der Waals surface area contributed by atoms with Crippen molar-refractivity contribution in [2.45, 2.75) is 51.1 Å². The summed E-state index contributed by atoms with van der Waals surface area (Å²) in [5, 5.41) is 14.2. The standard InChI is InChI=1S/C26H24F7N3O4/c1-13-4-2-7-18-19(13)35-23(38)21(34-20(18)14-5-3-6-15(27)12-14)36-22(37)16(8-10-25(28,29)30)17(24(39)40)9-11-26(31,32)33/h2-7,12,16-17,21H,8-11H2,1H3,(H,35,38)(H,36,37)(H,39,40)/t16-,17+,21-/m1/s1. The first-order valence-electron chi connectivity index (χ1n) is 12.0. The van der Waals surface area contributed by atoms with Gasteiger partial charge in [0.25, 0.3) is 5.91 Å². The number of aryl methyl sites for hydroxylation is 1. The molecular weight excluding hydrogens is 551 g/mol. The molecule has 2 aromatic rings. The lowest BCUT2D eigenvalue weighted by molar-refractivity contribution is -0.159. The number of carboxylic acids is 1. The second-order valence-corrected chi connectivity index (χ2v) is 9.24. The van der Waals surface area contributed by atoms with E-state index >= 15 is 0 Å². The number of nitrogens with one attached hydrogen (secondary N) is 2. The maximum atomic E-state index is 14.0. The second kappa shape index (κ2) is 12.0. The van der Waals surface area contributed by atoms with Crippen molar-refractivity contribution >= 4 is 29.2 Å². The molecular formula is C26H24F7N3O4. The molecule has 40 heavy (non-hydrogen) atoms. The van der Waals surface area contributed by atoms with Gasteiger partial charge in [-0.05, 0) is 37.5 Å². The quantitative estimate of drug-likeness (QED) is 0.350. The molecule has 0 aromatic heterocycles. The largest absolute Gasteiger partial charge is 0.481 e. The van der Waals surface area contributed by atoms with Crippen LogP contribution in [0.25, 0.3) is 0 Å². The highest BCUT2D eigenvalue weighted by molar-refractivity contribution is 6.20. The number of benzodiazepines with no additional fused rings is 1. The highest BCUT2D eigenvalue weighted by Gasteiger charge is 2.41. The summed E-state index contributed by atoms with van der Waals surface area (Å²) in [7, 11) is 0. The van der Waals surface area contributed by atoms with E-state index in [0.717, 1.165) is 12.1 Å². The van der Waals surface area contributed by atoms with Crippen LogP contribution >= 0.6 is 0 Å². The van der Waals surface area contributed by atoms with Crippen LogP contribution in [-0.2, 0) is 14.4 Å². The SMILES string of the molecule is Cc1cccc2c1NC(=O)[C@@H](NC(=O)[C@H](CCC(F)(F)F)[C@H](CCC(F)(F)F)C(=O)O)N=C2c1cccc(F)c1. The van der Waals surface area contributed by atoms with E-state index in [2.05, 4.69) is 15.6 Å². The topological polar surface area (TPSA) is 108 Å². The van der Waals surface area contributed by atoms with Gasteiger partial charge in [-0.2, -0.15) is 26.3 Å². The molecule has 3 rings (SSSR count). The first-order chi connectivity index (χ1) is 18.6. The van der Waals surface area contributed by atoms with Crippen molar-refractivity contribution in [1.82, 2.24) is 5.32 Å². The van der Waals surface area contributed by atoms with Crippen molar-refractivity contribution < 1.29 is 50.2 Å². The van der Waals surface area contributed by atoms with Gasteiger partial charge in [-0.25, -0.2) is 9.38 Å². The van der Waals surface area contributed by atoms with Crippen LogP contribution in [-0.4, -0.2) is 47.1 Å². The average Bonchev–Trinajstić information content (AvgIpc) is 2.97. The van der Waals surface area contributed by atoms with Crippen LogP contribution in [0.15, 0.2) is 47.5 Å². The highest BCUT2D eigenvalue weighted by atomic mass is 19.4. The molecule has 0 radical (unpaired) electrons. The van der Waals surface area contributed by atoms with Crippen LogP contribution in [0.2, 0.25) is 0 Å². The van der Waals surface area contributed by atoms with E-state index in [-0.39, 0.29) is 17.0 Å². The van der Waals surface area contributed by atoms with Crippen LogP contribution < -0.4 is 10.6 Å². The molecule has 0 unspecified atom stereocenters. The zero-order valence-electron chi connectivity index (χ0n) is 20.9. The van der Waals surface area contributed by atoms with Gasteiger partial charge in [0.15, 0.2) is 0 Å². The maximum Gasteiger partial charge on any atom is 0.389 e. The van der Waals surface area contributed by atoms with E-state index in [1.807, 2.05) is 0 Å². The summed E-state index contributed by atoms with van der Waals surface area (Å²) in [4.78, 5) is 42.2. The molecule has 7 nitrogen and oxygen atoms in total. The number of carbonyl (C=O) groups is 3. The van der Waals surface area contributed by atoms with E-state index < -0.39 is 79.6 Å². The smallest absolute Gasteiger partial charge is 0.389 e. The van der Waals surface area contributed by atoms with Gasteiger partial charge in [0.2, 0.25) is 12.1 Å². The normalized spacial score (nSPS) is 17.1. The van der Waals surface area contributed by atoms with Gasteiger partial charge in [-0.3, -0.25) is 14.4 Å². The molecule has 0 saturated heterocycles.